The van der Waals surface area contributed by atoms with E-state index in [1.165, 1.54) is 6.92 Å². The number of hydrogen-bond donors (Lipinski definition) is 0. The largest absolute Gasteiger partial charge is 0.480 e. The van der Waals surface area contributed by atoms with Crippen LogP contribution in [0.5, 0.6) is 0 Å². The normalized spacial score (nSPS) is 16.3. The highest BCUT2D eigenvalue weighted by Crippen LogP contribution is 2.66. The average Bonchev–Trinajstić information content (AvgIpc) is 2.34. The summed E-state index contributed by atoms with van der Waals surface area (Å²) in [7, 11) is -4.10. The SMILES string of the molecule is CC(Cl)OP(=O)(OC(Br)(Br)C(C)(C)CBr)OC(Br)(Br)C(C)(C)CBr. The Bertz CT molecular complexity index is 438. The Balaban J connectivity index is 5.73. The summed E-state index contributed by atoms with van der Waals surface area (Å²) in [5, 5.41) is 1.10. The molecule has 0 aliphatic heterocycles. The molecule has 12 heteroatoms. The fourth-order valence-electron chi connectivity index (χ4n) is 0.923. The Kier molecular flexibility index (Phi) is 11.2. The Morgan fingerprint density at radius 2 is 1.21 bits per heavy atom. The lowest BCUT2D eigenvalue weighted by atomic mass is 9.98. The van der Waals surface area contributed by atoms with Crippen LogP contribution >= 0.6 is 115 Å². The van der Waals surface area contributed by atoms with Gasteiger partial charge in [0.15, 0.2) is 6.84 Å². The second-order valence-corrected chi connectivity index (χ2v) is 16.1. The minimum atomic E-state index is -4.10. The highest BCUT2D eigenvalue weighted by molar-refractivity contribution is 9.25. The second kappa shape index (κ2) is 9.86. The van der Waals surface area contributed by atoms with Crippen molar-refractivity contribution in [1.82, 2.24) is 0 Å². The molecule has 0 aromatic heterocycles. The van der Waals surface area contributed by atoms with Gasteiger partial charge in [-0.25, -0.2) is 4.57 Å². The van der Waals surface area contributed by atoms with Crippen LogP contribution in [0.25, 0.3) is 0 Å². The molecule has 0 aliphatic rings. The first-order valence-electron chi connectivity index (χ1n) is 6.67. The summed E-state index contributed by atoms with van der Waals surface area (Å²) in [5.74, 6) is 0. The van der Waals surface area contributed by atoms with E-state index in [9.17, 15) is 4.57 Å². The van der Waals surface area contributed by atoms with Crippen molar-refractivity contribution >= 4 is 115 Å². The molecular formula is C12H20Br6ClO4P. The Hall–Kier alpha value is 3.28. The van der Waals surface area contributed by atoms with E-state index in [-0.39, 0.29) is 0 Å². The lowest BCUT2D eigenvalue weighted by molar-refractivity contribution is 0.0299. The van der Waals surface area contributed by atoms with E-state index in [1.807, 2.05) is 27.7 Å². The first kappa shape index (κ1) is 27.3. The second-order valence-electron chi connectivity index (χ2n) is 6.35. The molecule has 0 bridgehead atoms. The van der Waals surface area contributed by atoms with Gasteiger partial charge >= 0.3 is 7.82 Å². The van der Waals surface area contributed by atoms with Crippen LogP contribution in [0.3, 0.4) is 0 Å². The molecule has 0 saturated heterocycles. The molecule has 0 saturated carbocycles. The molecule has 1 atom stereocenters. The molecule has 0 spiro atoms. The summed E-state index contributed by atoms with van der Waals surface area (Å²) < 4.78 is 27.7. The van der Waals surface area contributed by atoms with Crippen molar-refractivity contribution in [2.24, 2.45) is 10.8 Å². The molecule has 1 unspecified atom stereocenters. The zero-order valence-corrected chi connectivity index (χ0v) is 24.9. The number of rotatable bonds is 10. The molecule has 0 rings (SSSR count). The molecule has 0 aliphatic carbocycles. The van der Waals surface area contributed by atoms with Gasteiger partial charge in [0.2, 0.25) is 0 Å². The lowest BCUT2D eigenvalue weighted by Crippen LogP contribution is -2.40. The van der Waals surface area contributed by atoms with Crippen LogP contribution in [-0.4, -0.2) is 23.1 Å². The zero-order chi connectivity index (χ0) is 19.6. The highest BCUT2D eigenvalue weighted by Gasteiger charge is 2.53. The molecule has 0 fully saturated rings. The first-order valence-corrected chi connectivity index (χ1v) is 14.0. The molecule has 0 aromatic rings. The average molecular weight is 774 g/mol. The maximum Gasteiger partial charge on any atom is 0.480 e. The van der Waals surface area contributed by atoms with E-state index < -0.39 is 31.1 Å². The van der Waals surface area contributed by atoms with Gasteiger partial charge in [0.05, 0.1) is 0 Å². The molecule has 146 valence electrons. The monoisotopic (exact) mass is 768 g/mol. The summed E-state index contributed by atoms with van der Waals surface area (Å²) in [4.78, 5) is 0. The van der Waals surface area contributed by atoms with Crippen LogP contribution in [0.15, 0.2) is 0 Å². The van der Waals surface area contributed by atoms with Crippen molar-refractivity contribution in [3.05, 3.63) is 0 Å². The minimum absolute atomic E-state index is 0.503. The summed E-state index contributed by atoms with van der Waals surface area (Å²) in [6.07, 6.45) is 0. The van der Waals surface area contributed by atoms with Gasteiger partial charge in [0.25, 0.3) is 0 Å². The standard InChI is InChI=1S/C12H20Br6ClO4P/c1-8(19)21-24(20,22-11(15,16)9(2,3)6-13)23-12(17,18)10(4,5)7-14/h8H,6-7H2,1-5H3. The van der Waals surface area contributed by atoms with Crippen molar-refractivity contribution in [2.75, 3.05) is 10.7 Å². The molecule has 0 aromatic carbocycles. The lowest BCUT2D eigenvalue weighted by Gasteiger charge is -2.41. The van der Waals surface area contributed by atoms with Gasteiger partial charge in [-0.1, -0.05) is 71.2 Å². The molecule has 0 amide bonds. The smallest absolute Gasteiger partial charge is 0.267 e. The maximum atomic E-state index is 13.3. The van der Waals surface area contributed by atoms with Crippen LogP contribution in [0.1, 0.15) is 34.6 Å². The van der Waals surface area contributed by atoms with E-state index >= 15 is 0 Å². The Labute approximate surface area is 199 Å². The fraction of sp³-hybridized carbons (Fsp3) is 1.00. The third-order valence-corrected chi connectivity index (χ3v) is 13.5. The molecular weight excluding hydrogens is 754 g/mol. The topological polar surface area (TPSA) is 44.8 Å². The molecule has 0 radical (unpaired) electrons. The van der Waals surface area contributed by atoms with Crippen LogP contribution in [0, 0.1) is 10.8 Å². The summed E-state index contributed by atoms with van der Waals surface area (Å²) in [6, 6.07) is 0. The number of phosphoric ester groups is 1. The van der Waals surface area contributed by atoms with Crippen molar-refractivity contribution in [2.45, 2.75) is 47.0 Å². The summed E-state index contributed by atoms with van der Waals surface area (Å²) in [5.41, 5.74) is -1.89. The van der Waals surface area contributed by atoms with E-state index in [0.717, 1.165) is 0 Å². The van der Waals surface area contributed by atoms with Gasteiger partial charge in [0, 0.05) is 21.5 Å². The number of halogens is 7. The third kappa shape index (κ3) is 7.60. The summed E-state index contributed by atoms with van der Waals surface area (Å²) in [6.45, 7) is 9.13. The van der Waals surface area contributed by atoms with E-state index in [4.69, 9.17) is 25.2 Å². The van der Waals surface area contributed by atoms with Gasteiger partial charge in [-0.05, 0) is 70.6 Å². The Morgan fingerprint density at radius 1 is 0.917 bits per heavy atom. The van der Waals surface area contributed by atoms with Crippen molar-refractivity contribution in [3.8, 4) is 0 Å². The van der Waals surface area contributed by atoms with Crippen LogP contribution in [0.2, 0.25) is 0 Å². The van der Waals surface area contributed by atoms with E-state index in [2.05, 4.69) is 95.6 Å². The van der Waals surface area contributed by atoms with Gasteiger partial charge in [-0.2, -0.15) is 0 Å². The summed E-state index contributed by atoms with van der Waals surface area (Å²) >= 11 is 26.4. The fourth-order valence-corrected chi connectivity index (χ4v) is 7.73. The van der Waals surface area contributed by atoms with Gasteiger partial charge in [-0.15, -0.1) is 0 Å². The maximum absolute atomic E-state index is 13.3. The quantitative estimate of drug-likeness (QED) is 0.165. The molecule has 24 heavy (non-hydrogen) atoms. The van der Waals surface area contributed by atoms with Gasteiger partial charge in [-0.3, -0.25) is 13.6 Å². The predicted octanol–water partition coefficient (Wildman–Crippen LogP) is 8.46. The highest BCUT2D eigenvalue weighted by atomic mass is 79.9. The van der Waals surface area contributed by atoms with Crippen LogP contribution < -0.4 is 0 Å². The predicted molar refractivity (Wildman–Crippen MR) is 122 cm³/mol. The molecule has 4 nitrogen and oxygen atoms in total. The minimum Gasteiger partial charge on any atom is -0.267 e. The van der Waals surface area contributed by atoms with Crippen molar-refractivity contribution in [3.63, 3.8) is 0 Å². The van der Waals surface area contributed by atoms with E-state index in [0.29, 0.717) is 10.7 Å². The van der Waals surface area contributed by atoms with Gasteiger partial charge < -0.3 is 0 Å². The molecule has 0 heterocycles. The van der Waals surface area contributed by atoms with E-state index in [1.54, 1.807) is 0 Å². The van der Waals surface area contributed by atoms with Gasteiger partial charge in [0.1, 0.15) is 5.56 Å². The van der Waals surface area contributed by atoms with Crippen molar-refractivity contribution in [1.29, 1.82) is 0 Å². The van der Waals surface area contributed by atoms with Crippen LogP contribution in [0.4, 0.5) is 0 Å². The zero-order valence-electron chi connectivity index (χ0n) is 13.7. The van der Waals surface area contributed by atoms with Crippen LogP contribution in [-0.2, 0) is 18.1 Å². The molecule has 0 N–H and O–H groups in total. The first-order chi connectivity index (χ1) is 10.5. The number of phosphoric acid groups is 1. The number of hydrogen-bond acceptors (Lipinski definition) is 4. The Morgan fingerprint density at radius 3 is 1.42 bits per heavy atom. The van der Waals surface area contributed by atoms with Crippen molar-refractivity contribution < 1.29 is 18.1 Å². The third-order valence-electron chi connectivity index (χ3n) is 2.97. The number of alkyl halides is 7.